The second-order valence-corrected chi connectivity index (χ2v) is 8.64. The fourth-order valence-electron chi connectivity index (χ4n) is 2.03. The summed E-state index contributed by atoms with van der Waals surface area (Å²) < 4.78 is 3.44. The number of hydrogen-bond acceptors (Lipinski definition) is 2. The van der Waals surface area contributed by atoms with Crippen LogP contribution < -0.4 is 0 Å². The van der Waals surface area contributed by atoms with Crippen LogP contribution in [0.25, 0.3) is 0 Å². The average Bonchev–Trinajstić information content (AvgIpc) is 2.82. The smallest absolute Gasteiger partial charge is 0.0432 e. The Morgan fingerprint density at radius 2 is 1.26 bits per heavy atom. The summed E-state index contributed by atoms with van der Waals surface area (Å²) in [6, 6.07) is 23.5. The molecule has 0 radical (unpaired) electrons. The molecule has 0 spiro atoms. The molecule has 0 amide bonds. The standard InChI is InChI=1S/C13H8BrN.C7H5N.C6H4BrI/c14-13-6-2-1-5-12(13)8-7-11-4-3-9-15-10-11;1-2-7-4-3-5-8-6-7;7-5-3-1-2-4-6(5)8/h1-6,9-10H;1,3-6H;1-4H. The van der Waals surface area contributed by atoms with Crippen LogP contribution in [-0.2, 0) is 0 Å². The minimum Gasteiger partial charge on any atom is -0.263 e. The molecule has 0 fully saturated rings. The highest BCUT2D eigenvalue weighted by Gasteiger charge is 1.92. The summed E-state index contributed by atoms with van der Waals surface area (Å²) in [7, 11) is 0. The molecule has 4 aromatic rings. The molecule has 0 aliphatic carbocycles. The summed E-state index contributed by atoms with van der Waals surface area (Å²) in [6.07, 6.45) is 11.9. The highest BCUT2D eigenvalue weighted by Crippen LogP contribution is 2.17. The van der Waals surface area contributed by atoms with E-state index in [1.165, 1.54) is 8.04 Å². The molecule has 2 nitrogen and oxygen atoms in total. The van der Waals surface area contributed by atoms with Gasteiger partial charge in [0.25, 0.3) is 0 Å². The molecule has 0 aliphatic rings. The Hall–Kier alpha value is -2.45. The van der Waals surface area contributed by atoms with Crippen LogP contribution in [-0.4, -0.2) is 9.97 Å². The van der Waals surface area contributed by atoms with E-state index in [1.807, 2.05) is 66.7 Å². The summed E-state index contributed by atoms with van der Waals surface area (Å²) in [6.45, 7) is 0. The molecule has 0 atom stereocenters. The van der Waals surface area contributed by atoms with E-state index in [0.29, 0.717) is 0 Å². The summed E-state index contributed by atoms with van der Waals surface area (Å²) in [5.74, 6) is 8.62. The molecule has 0 aliphatic heterocycles. The van der Waals surface area contributed by atoms with Gasteiger partial charge in [0, 0.05) is 54.0 Å². The van der Waals surface area contributed by atoms with Crippen LogP contribution in [0.15, 0.2) is 107 Å². The molecular weight excluding hydrogens is 627 g/mol. The van der Waals surface area contributed by atoms with Gasteiger partial charge < -0.3 is 0 Å². The third-order valence-electron chi connectivity index (χ3n) is 3.53. The molecule has 0 unspecified atom stereocenters. The molecule has 152 valence electrons. The van der Waals surface area contributed by atoms with Crippen LogP contribution in [0, 0.1) is 27.8 Å². The Bertz CT molecular complexity index is 1160. The normalized spacial score (nSPS) is 8.84. The Kier molecular flexibility index (Phi) is 11.6. The van der Waals surface area contributed by atoms with E-state index in [-0.39, 0.29) is 0 Å². The van der Waals surface area contributed by atoms with Gasteiger partial charge in [0.2, 0.25) is 0 Å². The molecule has 2 aromatic carbocycles. The summed E-state index contributed by atoms with van der Waals surface area (Å²) in [4.78, 5) is 7.82. The van der Waals surface area contributed by atoms with Crippen LogP contribution in [0.3, 0.4) is 0 Å². The SMILES string of the molecule is Brc1ccccc1C#Cc1cccnc1.Brc1ccccc1I.C#Cc1cccnc1. The van der Waals surface area contributed by atoms with Crippen LogP contribution >= 0.6 is 54.5 Å². The zero-order valence-electron chi connectivity index (χ0n) is 16.3. The third kappa shape index (κ3) is 9.93. The fourth-order valence-corrected chi connectivity index (χ4v) is 3.08. The minimum absolute atomic E-state index is 0.826. The van der Waals surface area contributed by atoms with Gasteiger partial charge in [0.15, 0.2) is 0 Å². The Morgan fingerprint density at radius 1 is 0.677 bits per heavy atom. The van der Waals surface area contributed by atoms with Crippen LogP contribution in [0.2, 0.25) is 0 Å². The zero-order chi connectivity index (χ0) is 22.3. The lowest BCUT2D eigenvalue weighted by Gasteiger charge is -1.93. The maximum atomic E-state index is 5.06. The van der Waals surface area contributed by atoms with Gasteiger partial charge in [-0.15, -0.1) is 6.42 Å². The van der Waals surface area contributed by atoms with Crippen molar-refractivity contribution in [3.8, 4) is 24.2 Å². The molecule has 0 N–H and O–H groups in total. The second-order valence-electron chi connectivity index (χ2n) is 5.77. The van der Waals surface area contributed by atoms with E-state index in [9.17, 15) is 0 Å². The van der Waals surface area contributed by atoms with Crippen molar-refractivity contribution in [3.05, 3.63) is 127 Å². The maximum Gasteiger partial charge on any atom is 0.0432 e. The van der Waals surface area contributed by atoms with Gasteiger partial charge in [0.1, 0.15) is 0 Å². The monoisotopic (exact) mass is 642 g/mol. The number of terminal acetylenes is 1. The summed E-state index contributed by atoms with van der Waals surface area (Å²) in [5, 5.41) is 0. The predicted molar refractivity (Wildman–Crippen MR) is 143 cm³/mol. The molecule has 31 heavy (non-hydrogen) atoms. The highest BCUT2D eigenvalue weighted by molar-refractivity contribution is 14.1. The second kappa shape index (κ2) is 14.5. The average molecular weight is 644 g/mol. The number of nitrogens with zero attached hydrogens (tertiary/aromatic N) is 2. The van der Waals surface area contributed by atoms with E-state index in [4.69, 9.17) is 6.42 Å². The molecule has 2 heterocycles. The van der Waals surface area contributed by atoms with Crippen molar-refractivity contribution in [1.29, 1.82) is 0 Å². The number of benzene rings is 2. The van der Waals surface area contributed by atoms with Crippen molar-refractivity contribution in [3.63, 3.8) is 0 Å². The lowest BCUT2D eigenvalue weighted by atomic mass is 10.2. The van der Waals surface area contributed by atoms with E-state index < -0.39 is 0 Å². The molecule has 2 aromatic heterocycles. The van der Waals surface area contributed by atoms with Gasteiger partial charge in [-0.3, -0.25) is 9.97 Å². The van der Waals surface area contributed by atoms with E-state index >= 15 is 0 Å². The quantitative estimate of drug-likeness (QED) is 0.148. The Balaban J connectivity index is 0.000000181. The van der Waals surface area contributed by atoms with Crippen LogP contribution in [0.5, 0.6) is 0 Å². The van der Waals surface area contributed by atoms with Crippen LogP contribution in [0.1, 0.15) is 16.7 Å². The maximum absolute atomic E-state index is 5.06. The number of rotatable bonds is 0. The number of pyridine rings is 2. The highest BCUT2D eigenvalue weighted by atomic mass is 127. The van der Waals surface area contributed by atoms with Crippen molar-refractivity contribution in [2.75, 3.05) is 0 Å². The summed E-state index contributed by atoms with van der Waals surface area (Å²) >= 11 is 9.12. The largest absolute Gasteiger partial charge is 0.263 e. The van der Waals surface area contributed by atoms with Gasteiger partial charge >= 0.3 is 0 Å². The molecule has 0 saturated heterocycles. The first-order valence-electron chi connectivity index (χ1n) is 9.03. The van der Waals surface area contributed by atoms with Gasteiger partial charge in [-0.2, -0.15) is 0 Å². The lowest BCUT2D eigenvalue weighted by Crippen LogP contribution is -1.78. The molecule has 0 saturated carbocycles. The van der Waals surface area contributed by atoms with E-state index in [2.05, 4.69) is 88.2 Å². The first-order valence-corrected chi connectivity index (χ1v) is 11.7. The Morgan fingerprint density at radius 3 is 1.71 bits per heavy atom. The first kappa shape index (κ1) is 24.8. The predicted octanol–water partition coefficient (Wildman–Crippen LogP) is 7.36. The van der Waals surface area contributed by atoms with Crippen molar-refractivity contribution in [2.24, 2.45) is 0 Å². The molecule has 4 rings (SSSR count). The topological polar surface area (TPSA) is 25.8 Å². The summed E-state index contributed by atoms with van der Waals surface area (Å²) in [5.41, 5.74) is 2.74. The van der Waals surface area contributed by atoms with Crippen molar-refractivity contribution < 1.29 is 0 Å². The fraction of sp³-hybridized carbons (Fsp3) is 0. The van der Waals surface area contributed by atoms with Gasteiger partial charge in [-0.05, 0) is 103 Å². The molecule has 5 heteroatoms. The van der Waals surface area contributed by atoms with E-state index in [1.54, 1.807) is 24.8 Å². The first-order chi connectivity index (χ1) is 15.1. The number of aromatic nitrogens is 2. The van der Waals surface area contributed by atoms with Crippen molar-refractivity contribution in [2.45, 2.75) is 0 Å². The van der Waals surface area contributed by atoms with Crippen LogP contribution in [0.4, 0.5) is 0 Å². The molecule has 0 bridgehead atoms. The minimum atomic E-state index is 0.826. The number of halogens is 3. The lowest BCUT2D eigenvalue weighted by molar-refractivity contribution is 1.31. The van der Waals surface area contributed by atoms with Crippen molar-refractivity contribution in [1.82, 2.24) is 9.97 Å². The van der Waals surface area contributed by atoms with E-state index in [0.717, 1.165) is 21.2 Å². The third-order valence-corrected chi connectivity index (χ3v) is 6.59. The number of hydrogen-bond donors (Lipinski definition) is 0. The zero-order valence-corrected chi connectivity index (χ0v) is 21.7. The Labute approximate surface area is 214 Å². The van der Waals surface area contributed by atoms with Crippen molar-refractivity contribution >= 4 is 54.5 Å². The molecular formula is C26H17Br2IN2. The van der Waals surface area contributed by atoms with Gasteiger partial charge in [-0.25, -0.2) is 0 Å². The van der Waals surface area contributed by atoms with Gasteiger partial charge in [-0.1, -0.05) is 42.0 Å². The van der Waals surface area contributed by atoms with Gasteiger partial charge in [0.05, 0.1) is 0 Å².